The molecule has 0 saturated heterocycles. The summed E-state index contributed by atoms with van der Waals surface area (Å²) in [4.78, 5) is 17.0. The van der Waals surface area contributed by atoms with Gasteiger partial charge in [-0.2, -0.15) is 5.10 Å². The van der Waals surface area contributed by atoms with E-state index in [2.05, 4.69) is 10.1 Å². The molecule has 5 rings (SSSR count). The van der Waals surface area contributed by atoms with Crippen LogP contribution in [-0.2, 0) is 12.5 Å². The van der Waals surface area contributed by atoms with Crippen LogP contribution in [0.3, 0.4) is 0 Å². The fraction of sp³-hybridized carbons (Fsp3) is 0.136. The van der Waals surface area contributed by atoms with Gasteiger partial charge in [0.15, 0.2) is 0 Å². The maximum atomic E-state index is 15.0. The molecule has 0 fully saturated rings. The number of benzene rings is 1. The molecule has 0 atom stereocenters. The monoisotopic (exact) mass is 422 g/mol. The molecule has 0 aliphatic carbocycles. The lowest BCUT2D eigenvalue weighted by atomic mass is 10.0. The Balaban J connectivity index is 1.55. The third-order valence-corrected chi connectivity index (χ3v) is 5.37. The number of hydrogen-bond acceptors (Lipinski definition) is 5. The van der Waals surface area contributed by atoms with Gasteiger partial charge in [-0.15, -0.1) is 0 Å². The van der Waals surface area contributed by atoms with Crippen LogP contribution in [0.1, 0.15) is 27.3 Å². The number of hydrogen-bond donors (Lipinski definition) is 2. The van der Waals surface area contributed by atoms with Gasteiger partial charge < -0.3 is 10.2 Å². The summed E-state index contributed by atoms with van der Waals surface area (Å²) in [5.74, 6) is -5.39. The van der Waals surface area contributed by atoms with E-state index in [0.717, 1.165) is 17.8 Å². The summed E-state index contributed by atoms with van der Waals surface area (Å²) in [6.07, 6.45) is 3.03. The minimum Gasteiger partial charge on any atom is -0.344 e. The number of aromatic nitrogens is 3. The molecule has 4 aromatic rings. The third kappa shape index (κ3) is 2.89. The molecule has 1 aliphatic rings. The van der Waals surface area contributed by atoms with Crippen LogP contribution in [0.4, 0.5) is 8.78 Å². The van der Waals surface area contributed by atoms with Crippen LogP contribution in [0.25, 0.3) is 16.6 Å². The summed E-state index contributed by atoms with van der Waals surface area (Å²) in [5, 5.41) is 25.1. The first kappa shape index (κ1) is 19.3. The number of carbonyl (C=O) groups excluding carboxylic acids is 1. The van der Waals surface area contributed by atoms with Gasteiger partial charge in [-0.1, -0.05) is 6.07 Å². The average Bonchev–Trinajstić information content (AvgIpc) is 3.20. The fourth-order valence-electron chi connectivity index (χ4n) is 3.89. The van der Waals surface area contributed by atoms with Crippen LogP contribution in [0, 0.1) is 18.6 Å². The Labute approximate surface area is 174 Å². The van der Waals surface area contributed by atoms with Crippen molar-refractivity contribution in [2.24, 2.45) is 0 Å². The summed E-state index contributed by atoms with van der Waals surface area (Å²) in [6, 6.07) is 10.4. The molecule has 4 heterocycles. The van der Waals surface area contributed by atoms with Crippen LogP contribution < -0.4 is 0 Å². The normalized spacial score (nSPS) is 15.0. The summed E-state index contributed by atoms with van der Waals surface area (Å²) in [5.41, 5.74) is 1.55. The molecule has 2 N–H and O–H groups in total. The Kier molecular flexibility index (Phi) is 4.14. The van der Waals surface area contributed by atoms with Crippen molar-refractivity contribution in [1.29, 1.82) is 0 Å². The molecule has 7 nitrogen and oxygen atoms in total. The fourth-order valence-corrected chi connectivity index (χ4v) is 3.89. The predicted molar refractivity (Wildman–Crippen MR) is 106 cm³/mol. The van der Waals surface area contributed by atoms with E-state index < -0.39 is 35.6 Å². The molecule has 0 unspecified atom stereocenters. The van der Waals surface area contributed by atoms with Crippen LogP contribution in [-0.4, -0.2) is 35.6 Å². The van der Waals surface area contributed by atoms with Crippen molar-refractivity contribution in [2.75, 3.05) is 0 Å². The number of amides is 1. The molecular formula is C22H16F2N4O3. The number of halogens is 2. The Morgan fingerprint density at radius 3 is 2.48 bits per heavy atom. The maximum Gasteiger partial charge on any atom is 0.296 e. The molecule has 1 aliphatic heterocycles. The van der Waals surface area contributed by atoms with Crippen LogP contribution >= 0.6 is 0 Å². The molecule has 0 saturated carbocycles. The molecule has 156 valence electrons. The van der Waals surface area contributed by atoms with Gasteiger partial charge in [0.2, 0.25) is 0 Å². The Morgan fingerprint density at radius 1 is 1.06 bits per heavy atom. The second kappa shape index (κ2) is 6.66. The second-order valence-corrected chi connectivity index (χ2v) is 7.38. The van der Waals surface area contributed by atoms with Gasteiger partial charge in [-0.05, 0) is 48.9 Å². The lowest BCUT2D eigenvalue weighted by molar-refractivity contribution is -0.255. The first-order valence-corrected chi connectivity index (χ1v) is 9.43. The summed E-state index contributed by atoms with van der Waals surface area (Å²) >= 11 is 0. The number of aliphatic hydroxyl groups is 2. The van der Waals surface area contributed by atoms with Crippen LogP contribution in [0.15, 0.2) is 54.9 Å². The number of nitrogens with zero attached hydrogens (tertiary/aromatic N) is 4. The number of fused-ring (bicyclic) bond motifs is 2. The topological polar surface area (TPSA) is 91.0 Å². The van der Waals surface area contributed by atoms with E-state index in [-0.39, 0.29) is 11.3 Å². The highest BCUT2D eigenvalue weighted by atomic mass is 19.1. The average molecular weight is 422 g/mol. The first-order valence-electron chi connectivity index (χ1n) is 9.43. The van der Waals surface area contributed by atoms with Gasteiger partial charge in [-0.3, -0.25) is 14.7 Å². The molecule has 1 aromatic carbocycles. The van der Waals surface area contributed by atoms with Crippen molar-refractivity contribution < 1.29 is 23.8 Å². The molecule has 0 bridgehead atoms. The standard InChI is InChI=1S/C22H16F2N4O3/c1-12-8-19-14(5-3-7-28(19)26-12)13-9-17(23)16(18(24)10-13)11-27-21(29)15-4-2-6-25-20(15)22(27,30)31/h2-10,30-31H,11H2,1H3. The van der Waals surface area contributed by atoms with Gasteiger partial charge in [-0.25, -0.2) is 13.3 Å². The Bertz CT molecular complexity index is 1340. The van der Waals surface area contributed by atoms with Gasteiger partial charge >= 0.3 is 0 Å². The number of carbonyl (C=O) groups is 1. The van der Waals surface area contributed by atoms with Crippen molar-refractivity contribution in [3.8, 4) is 11.1 Å². The van der Waals surface area contributed by atoms with E-state index in [4.69, 9.17) is 0 Å². The summed E-state index contributed by atoms with van der Waals surface area (Å²) < 4.78 is 31.6. The minimum atomic E-state index is -2.77. The molecule has 9 heteroatoms. The molecular weight excluding hydrogens is 406 g/mol. The van der Waals surface area contributed by atoms with E-state index in [9.17, 15) is 23.8 Å². The molecule has 1 amide bonds. The molecule has 0 spiro atoms. The largest absolute Gasteiger partial charge is 0.344 e. The molecule has 3 aromatic heterocycles. The first-order chi connectivity index (χ1) is 14.8. The number of pyridine rings is 2. The molecule has 0 radical (unpaired) electrons. The maximum absolute atomic E-state index is 15.0. The zero-order valence-corrected chi connectivity index (χ0v) is 16.3. The zero-order chi connectivity index (χ0) is 21.9. The lowest BCUT2D eigenvalue weighted by Crippen LogP contribution is -2.43. The number of rotatable bonds is 3. The highest BCUT2D eigenvalue weighted by Crippen LogP contribution is 2.36. The predicted octanol–water partition coefficient (Wildman–Crippen LogP) is 2.73. The van der Waals surface area contributed by atoms with E-state index >= 15 is 0 Å². The Morgan fingerprint density at radius 2 is 1.77 bits per heavy atom. The van der Waals surface area contributed by atoms with Crippen molar-refractivity contribution in [1.82, 2.24) is 19.5 Å². The highest BCUT2D eigenvalue weighted by Gasteiger charge is 2.49. The van der Waals surface area contributed by atoms with Gasteiger partial charge in [0.1, 0.15) is 17.3 Å². The summed E-state index contributed by atoms with van der Waals surface area (Å²) in [7, 11) is 0. The van der Waals surface area contributed by atoms with E-state index in [1.54, 1.807) is 28.9 Å². The Hall–Kier alpha value is -3.69. The zero-order valence-electron chi connectivity index (χ0n) is 16.3. The van der Waals surface area contributed by atoms with E-state index in [0.29, 0.717) is 21.5 Å². The highest BCUT2D eigenvalue weighted by molar-refractivity contribution is 5.98. The quantitative estimate of drug-likeness (QED) is 0.496. The van der Waals surface area contributed by atoms with Crippen molar-refractivity contribution in [3.63, 3.8) is 0 Å². The SMILES string of the molecule is Cc1cc2c(-c3cc(F)c(CN4C(=O)c5cccnc5C4(O)O)c(F)c3)cccn2n1. The third-order valence-electron chi connectivity index (χ3n) is 5.37. The van der Waals surface area contributed by atoms with Crippen molar-refractivity contribution in [2.45, 2.75) is 19.4 Å². The second-order valence-electron chi connectivity index (χ2n) is 7.38. The lowest BCUT2D eigenvalue weighted by Gasteiger charge is -2.28. The van der Waals surface area contributed by atoms with Gasteiger partial charge in [0.25, 0.3) is 11.8 Å². The van der Waals surface area contributed by atoms with Crippen LogP contribution in [0.2, 0.25) is 0 Å². The minimum absolute atomic E-state index is 0.0345. The summed E-state index contributed by atoms with van der Waals surface area (Å²) in [6.45, 7) is 1.13. The van der Waals surface area contributed by atoms with Gasteiger partial charge in [0, 0.05) is 23.5 Å². The molecule has 31 heavy (non-hydrogen) atoms. The van der Waals surface area contributed by atoms with Crippen molar-refractivity contribution in [3.05, 3.63) is 89.0 Å². The van der Waals surface area contributed by atoms with Crippen LogP contribution in [0.5, 0.6) is 0 Å². The van der Waals surface area contributed by atoms with E-state index in [1.165, 1.54) is 18.3 Å². The van der Waals surface area contributed by atoms with E-state index in [1.807, 2.05) is 6.92 Å². The van der Waals surface area contributed by atoms with Gasteiger partial charge in [0.05, 0.1) is 23.3 Å². The number of aryl methyl sites for hydroxylation is 1. The smallest absolute Gasteiger partial charge is 0.296 e. The van der Waals surface area contributed by atoms with Crippen molar-refractivity contribution >= 4 is 11.4 Å².